The number of rotatable bonds is 6. The Labute approximate surface area is 147 Å². The van der Waals surface area contributed by atoms with Crippen LogP contribution in [0.2, 0.25) is 0 Å². The van der Waals surface area contributed by atoms with Gasteiger partial charge in [-0.15, -0.1) is 0 Å². The molecule has 0 radical (unpaired) electrons. The Bertz CT molecular complexity index is 761. The lowest BCUT2D eigenvalue weighted by Crippen LogP contribution is -2.23. The summed E-state index contributed by atoms with van der Waals surface area (Å²) in [6, 6.07) is 1.65. The minimum absolute atomic E-state index is 0.0104. The topological polar surface area (TPSA) is 162 Å². The normalized spacial score (nSPS) is 10.2. The van der Waals surface area contributed by atoms with Gasteiger partial charge in [-0.1, -0.05) is 38.3 Å². The van der Waals surface area contributed by atoms with Crippen LogP contribution in [0.25, 0.3) is 0 Å². The molecule has 0 saturated carbocycles. The van der Waals surface area contributed by atoms with Gasteiger partial charge in [-0.05, 0) is 12.3 Å². The first kappa shape index (κ1) is 19.3. The average molecular weight is 367 g/mol. The quantitative estimate of drug-likeness (QED) is 0.434. The minimum atomic E-state index is -0.830. The van der Waals surface area contributed by atoms with E-state index in [1.165, 1.54) is 0 Å². The molecule has 0 heterocycles. The Morgan fingerprint density at radius 1 is 1.12 bits per heavy atom. The van der Waals surface area contributed by atoms with Crippen molar-refractivity contribution in [2.24, 2.45) is 17.4 Å². The number of thiocarbonyl (C=S) groups is 2. The highest BCUT2D eigenvalue weighted by molar-refractivity contribution is 7.81. The van der Waals surface area contributed by atoms with E-state index in [4.69, 9.17) is 35.9 Å². The van der Waals surface area contributed by atoms with Gasteiger partial charge in [0.05, 0.1) is 15.4 Å². The molecule has 0 aromatic heterocycles. The van der Waals surface area contributed by atoms with Crippen molar-refractivity contribution in [1.29, 1.82) is 5.26 Å². The van der Waals surface area contributed by atoms with Crippen LogP contribution >= 0.6 is 24.4 Å². The molecular formula is C13H13N5O4S2. The lowest BCUT2D eigenvalue weighted by atomic mass is 9.89. The van der Waals surface area contributed by atoms with Gasteiger partial charge in [-0.2, -0.15) is 5.26 Å². The van der Waals surface area contributed by atoms with Gasteiger partial charge in [-0.3, -0.25) is 20.2 Å². The van der Waals surface area contributed by atoms with Crippen LogP contribution in [0, 0.1) is 37.5 Å². The van der Waals surface area contributed by atoms with Crippen molar-refractivity contribution < 1.29 is 9.85 Å². The maximum absolute atomic E-state index is 11.5. The van der Waals surface area contributed by atoms with Crippen molar-refractivity contribution in [3.8, 4) is 6.07 Å². The standard InChI is InChI=1S/C13H13N5O4S2/c1-5(2)3-6-10(17(19)20)8(12(15)23)7(4-14)9(13(16)24)11(6)18(21)22/h5H,3H2,1-2H3,(H2,15,23)(H2,16,24). The zero-order valence-corrected chi connectivity index (χ0v) is 14.4. The highest BCUT2D eigenvalue weighted by Gasteiger charge is 2.38. The first-order valence-corrected chi connectivity index (χ1v) is 7.37. The van der Waals surface area contributed by atoms with Crippen LogP contribution < -0.4 is 11.5 Å². The zero-order chi connectivity index (χ0) is 18.8. The lowest BCUT2D eigenvalue weighted by molar-refractivity contribution is -0.395. The number of hydrogen-bond acceptors (Lipinski definition) is 7. The smallest absolute Gasteiger partial charge is 0.291 e. The molecule has 0 unspecified atom stereocenters. The molecule has 0 aliphatic carbocycles. The fourth-order valence-corrected chi connectivity index (χ4v) is 2.77. The maximum Gasteiger partial charge on any atom is 0.291 e. The van der Waals surface area contributed by atoms with Crippen molar-refractivity contribution in [2.45, 2.75) is 20.3 Å². The predicted octanol–water partition coefficient (Wildman–Crippen LogP) is 1.84. The minimum Gasteiger partial charge on any atom is -0.389 e. The third kappa shape index (κ3) is 3.44. The molecule has 11 heteroatoms. The summed E-state index contributed by atoms with van der Waals surface area (Å²) >= 11 is 9.64. The number of nitrogens with zero attached hydrogens (tertiary/aromatic N) is 3. The second kappa shape index (κ2) is 7.24. The Balaban J connectivity index is 4.29. The summed E-state index contributed by atoms with van der Waals surface area (Å²) in [5, 5.41) is 32.5. The summed E-state index contributed by atoms with van der Waals surface area (Å²) in [6.45, 7) is 3.46. The van der Waals surface area contributed by atoms with Crippen LogP contribution in [0.1, 0.15) is 36.1 Å². The van der Waals surface area contributed by atoms with Crippen LogP contribution in [0.3, 0.4) is 0 Å². The lowest BCUT2D eigenvalue weighted by Gasteiger charge is -2.15. The van der Waals surface area contributed by atoms with E-state index >= 15 is 0 Å². The number of nitro groups is 2. The Kier molecular flexibility index (Phi) is 5.83. The van der Waals surface area contributed by atoms with Gasteiger partial charge in [0, 0.05) is 0 Å². The van der Waals surface area contributed by atoms with E-state index in [0.29, 0.717) is 0 Å². The number of hydrogen-bond donors (Lipinski definition) is 2. The van der Waals surface area contributed by atoms with Gasteiger partial charge in [0.15, 0.2) is 0 Å². The highest BCUT2D eigenvalue weighted by atomic mass is 32.1. The van der Waals surface area contributed by atoms with E-state index in [2.05, 4.69) is 0 Å². The summed E-state index contributed by atoms with van der Waals surface area (Å²) in [7, 11) is 0. The molecular weight excluding hydrogens is 354 g/mol. The van der Waals surface area contributed by atoms with E-state index in [-0.39, 0.29) is 29.0 Å². The van der Waals surface area contributed by atoms with Gasteiger partial charge < -0.3 is 11.5 Å². The third-order valence-electron chi connectivity index (χ3n) is 3.13. The second-order valence-corrected chi connectivity index (χ2v) is 6.13. The van der Waals surface area contributed by atoms with Gasteiger partial charge >= 0.3 is 0 Å². The van der Waals surface area contributed by atoms with Crippen LogP contribution in [0.5, 0.6) is 0 Å². The van der Waals surface area contributed by atoms with E-state index in [1.54, 1.807) is 19.9 Å². The van der Waals surface area contributed by atoms with Gasteiger partial charge in [0.2, 0.25) is 0 Å². The van der Waals surface area contributed by atoms with Crippen molar-refractivity contribution in [3.63, 3.8) is 0 Å². The molecule has 4 N–H and O–H groups in total. The summed E-state index contributed by atoms with van der Waals surface area (Å²) in [5.41, 5.74) is 8.40. The van der Waals surface area contributed by atoms with Crippen LogP contribution in [-0.4, -0.2) is 19.8 Å². The summed E-state index contributed by atoms with van der Waals surface area (Å²) in [4.78, 5) is 20.6. The zero-order valence-electron chi connectivity index (χ0n) is 12.7. The van der Waals surface area contributed by atoms with Crippen molar-refractivity contribution in [1.82, 2.24) is 0 Å². The fraction of sp³-hybridized carbons (Fsp3) is 0.308. The molecule has 0 saturated heterocycles. The number of nitrogens with two attached hydrogens (primary N) is 2. The molecule has 0 aliphatic rings. The number of benzene rings is 1. The van der Waals surface area contributed by atoms with E-state index in [1.807, 2.05) is 0 Å². The number of nitro benzene ring substituents is 2. The molecule has 0 spiro atoms. The van der Waals surface area contributed by atoms with Crippen LogP contribution in [0.15, 0.2) is 0 Å². The molecule has 0 amide bonds. The Morgan fingerprint density at radius 2 is 1.50 bits per heavy atom. The van der Waals surface area contributed by atoms with E-state index in [0.717, 1.165) is 0 Å². The van der Waals surface area contributed by atoms with E-state index in [9.17, 15) is 25.5 Å². The maximum atomic E-state index is 11.5. The van der Waals surface area contributed by atoms with Gasteiger partial charge in [0.1, 0.15) is 32.7 Å². The molecule has 9 nitrogen and oxygen atoms in total. The molecule has 24 heavy (non-hydrogen) atoms. The second-order valence-electron chi connectivity index (χ2n) is 5.25. The monoisotopic (exact) mass is 367 g/mol. The molecule has 1 aromatic rings. The van der Waals surface area contributed by atoms with Crippen molar-refractivity contribution in [3.05, 3.63) is 42.5 Å². The third-order valence-corrected chi connectivity index (χ3v) is 3.54. The van der Waals surface area contributed by atoms with Gasteiger partial charge in [0.25, 0.3) is 11.4 Å². The predicted molar refractivity (Wildman–Crippen MR) is 94.8 cm³/mol. The van der Waals surface area contributed by atoms with Crippen LogP contribution in [-0.2, 0) is 6.42 Å². The Morgan fingerprint density at radius 3 is 1.71 bits per heavy atom. The first-order valence-electron chi connectivity index (χ1n) is 6.55. The summed E-state index contributed by atoms with van der Waals surface area (Å²) in [6.07, 6.45) is -0.0104. The molecule has 1 aromatic carbocycles. The van der Waals surface area contributed by atoms with Crippen molar-refractivity contribution in [2.75, 3.05) is 0 Å². The molecule has 1 rings (SSSR count). The van der Waals surface area contributed by atoms with Crippen LogP contribution in [0.4, 0.5) is 11.4 Å². The SMILES string of the molecule is CC(C)Cc1c([N+](=O)[O-])c(C(N)=S)c(C#N)c(C(N)=S)c1[N+](=O)[O-]. The largest absolute Gasteiger partial charge is 0.389 e. The van der Waals surface area contributed by atoms with Gasteiger partial charge in [-0.25, -0.2) is 0 Å². The van der Waals surface area contributed by atoms with E-state index < -0.39 is 36.8 Å². The summed E-state index contributed by atoms with van der Waals surface area (Å²) < 4.78 is 0. The summed E-state index contributed by atoms with van der Waals surface area (Å²) in [5.74, 6) is -0.159. The highest BCUT2D eigenvalue weighted by Crippen LogP contribution is 2.40. The molecule has 0 fully saturated rings. The molecule has 0 aliphatic heterocycles. The fourth-order valence-electron chi connectivity index (χ4n) is 2.37. The average Bonchev–Trinajstić information content (AvgIpc) is 2.43. The Hall–Kier alpha value is -2.71. The number of nitriles is 1. The first-order chi connectivity index (χ1) is 11.0. The molecule has 0 atom stereocenters. The molecule has 126 valence electrons. The van der Waals surface area contributed by atoms with Crippen molar-refractivity contribution >= 4 is 45.8 Å². The molecule has 0 bridgehead atoms.